The van der Waals surface area contributed by atoms with Crippen LogP contribution >= 0.6 is 0 Å². The first-order valence-electron chi connectivity index (χ1n) is 9.64. The van der Waals surface area contributed by atoms with Crippen molar-refractivity contribution in [2.45, 2.75) is 19.6 Å². The highest BCUT2D eigenvalue weighted by Crippen LogP contribution is 2.32. The highest BCUT2D eigenvalue weighted by Gasteiger charge is 2.22. The molecule has 4 aromatic rings. The maximum atomic E-state index is 10.7. The van der Waals surface area contributed by atoms with E-state index in [-0.39, 0.29) is 6.61 Å². The minimum absolute atomic E-state index is 0.173. The van der Waals surface area contributed by atoms with Gasteiger partial charge in [0, 0.05) is 5.56 Å². The van der Waals surface area contributed by atoms with Crippen molar-refractivity contribution in [2.75, 3.05) is 6.61 Å². The summed E-state index contributed by atoms with van der Waals surface area (Å²) in [7, 11) is 0. The Morgan fingerprint density at radius 3 is 2.10 bits per heavy atom. The minimum Gasteiger partial charge on any atom is -0.386 e. The van der Waals surface area contributed by atoms with E-state index < -0.39 is 6.10 Å². The molecule has 0 bridgehead atoms. The Hall–Kier alpha value is -3.21. The molecule has 3 aromatic carbocycles. The number of aryl methyl sites for hydroxylation is 1. The Labute approximate surface area is 170 Å². The second-order valence-corrected chi connectivity index (χ2v) is 6.97. The molecule has 146 valence electrons. The van der Waals surface area contributed by atoms with Crippen molar-refractivity contribution >= 4 is 0 Å². The fraction of sp³-hybridized carbons (Fsp3) is 0.160. The summed E-state index contributed by atoms with van der Waals surface area (Å²) in [5, 5.41) is 14.8. The molecule has 4 heteroatoms. The Kier molecular flexibility index (Phi) is 5.84. The molecule has 0 fully saturated rings. The number of rotatable bonds is 7. The highest BCUT2D eigenvalue weighted by atomic mass is 16.5. The Bertz CT molecular complexity index is 1040. The number of nitrogens with zero attached hydrogens (tertiary/aromatic N) is 1. The van der Waals surface area contributed by atoms with Gasteiger partial charge in [-0.25, -0.2) is 0 Å². The van der Waals surface area contributed by atoms with Gasteiger partial charge in [0.15, 0.2) is 5.76 Å². The van der Waals surface area contributed by atoms with Crippen molar-refractivity contribution in [3.05, 3.63) is 102 Å². The van der Waals surface area contributed by atoms with E-state index in [9.17, 15) is 5.11 Å². The summed E-state index contributed by atoms with van der Waals surface area (Å²) in [5.74, 6) is 0.581. The van der Waals surface area contributed by atoms with Gasteiger partial charge in [0.25, 0.3) is 0 Å². The van der Waals surface area contributed by atoms with Crippen LogP contribution in [0.4, 0.5) is 0 Å². The summed E-state index contributed by atoms with van der Waals surface area (Å²) < 4.78 is 11.3. The van der Waals surface area contributed by atoms with E-state index in [1.165, 1.54) is 0 Å². The second kappa shape index (κ2) is 8.86. The van der Waals surface area contributed by atoms with E-state index in [2.05, 4.69) is 17.3 Å². The number of hydrogen-bond acceptors (Lipinski definition) is 4. The number of benzene rings is 3. The third-order valence-electron chi connectivity index (χ3n) is 4.88. The average molecular weight is 385 g/mol. The molecule has 0 amide bonds. The van der Waals surface area contributed by atoms with Gasteiger partial charge < -0.3 is 14.4 Å². The van der Waals surface area contributed by atoms with Crippen LogP contribution in [0.1, 0.15) is 22.9 Å². The van der Waals surface area contributed by atoms with Crippen LogP contribution in [-0.4, -0.2) is 16.9 Å². The van der Waals surface area contributed by atoms with Gasteiger partial charge in [0.2, 0.25) is 0 Å². The topological polar surface area (TPSA) is 55.5 Å². The lowest BCUT2D eigenvalue weighted by Crippen LogP contribution is -2.09. The van der Waals surface area contributed by atoms with Crippen molar-refractivity contribution in [3.8, 4) is 22.5 Å². The zero-order valence-corrected chi connectivity index (χ0v) is 16.3. The average Bonchev–Trinajstić information content (AvgIpc) is 3.16. The molecule has 29 heavy (non-hydrogen) atoms. The summed E-state index contributed by atoms with van der Waals surface area (Å²) in [5.41, 5.74) is 5.57. The van der Waals surface area contributed by atoms with Crippen LogP contribution in [0.15, 0.2) is 89.5 Å². The molecule has 1 atom stereocenters. The van der Waals surface area contributed by atoms with Gasteiger partial charge in [-0.15, -0.1) is 0 Å². The fourth-order valence-corrected chi connectivity index (χ4v) is 3.37. The lowest BCUT2D eigenvalue weighted by molar-refractivity contribution is 0.0275. The Balaban J connectivity index is 1.49. The summed E-state index contributed by atoms with van der Waals surface area (Å²) in [6.45, 7) is 2.45. The van der Waals surface area contributed by atoms with E-state index >= 15 is 0 Å². The lowest BCUT2D eigenvalue weighted by atomic mass is 9.99. The number of ether oxygens (including phenoxy) is 1. The van der Waals surface area contributed by atoms with Crippen molar-refractivity contribution in [1.82, 2.24) is 5.16 Å². The molecule has 0 aliphatic carbocycles. The van der Waals surface area contributed by atoms with Crippen LogP contribution in [-0.2, 0) is 11.3 Å². The molecule has 0 aliphatic heterocycles. The van der Waals surface area contributed by atoms with Gasteiger partial charge in [0.1, 0.15) is 6.10 Å². The predicted octanol–water partition coefficient (Wildman–Crippen LogP) is 5.57. The Morgan fingerprint density at radius 1 is 0.828 bits per heavy atom. The van der Waals surface area contributed by atoms with Gasteiger partial charge in [0.05, 0.1) is 24.5 Å². The van der Waals surface area contributed by atoms with Crippen LogP contribution in [0.3, 0.4) is 0 Å². The molecule has 1 heterocycles. The van der Waals surface area contributed by atoms with Crippen molar-refractivity contribution < 1.29 is 14.4 Å². The molecule has 1 aromatic heterocycles. The molecule has 0 aliphatic rings. The molecule has 0 radical (unpaired) electrons. The fourth-order valence-electron chi connectivity index (χ4n) is 3.37. The van der Waals surface area contributed by atoms with Gasteiger partial charge in [-0.3, -0.25) is 0 Å². The summed E-state index contributed by atoms with van der Waals surface area (Å²) in [6, 6.07) is 28.2. The summed E-state index contributed by atoms with van der Waals surface area (Å²) in [6.07, 6.45) is -0.811. The van der Waals surface area contributed by atoms with Gasteiger partial charge in [-0.1, -0.05) is 90.1 Å². The normalized spacial score (nSPS) is 12.1. The molecule has 0 spiro atoms. The SMILES string of the molecule is Cc1noc(-c2ccc(-c3ccccc3)cc2)c1[C@H](O)COCc1ccccc1. The maximum Gasteiger partial charge on any atom is 0.173 e. The number of aliphatic hydroxyl groups excluding tert-OH is 1. The van der Waals surface area contributed by atoms with Crippen LogP contribution in [0, 0.1) is 6.92 Å². The smallest absolute Gasteiger partial charge is 0.173 e. The monoisotopic (exact) mass is 385 g/mol. The van der Waals surface area contributed by atoms with Gasteiger partial charge >= 0.3 is 0 Å². The zero-order chi connectivity index (χ0) is 20.1. The highest BCUT2D eigenvalue weighted by molar-refractivity contribution is 5.69. The second-order valence-electron chi connectivity index (χ2n) is 6.97. The molecule has 4 rings (SSSR count). The van der Waals surface area contributed by atoms with Gasteiger partial charge in [-0.05, 0) is 23.6 Å². The Morgan fingerprint density at radius 2 is 1.41 bits per heavy atom. The van der Waals surface area contributed by atoms with Gasteiger partial charge in [-0.2, -0.15) is 0 Å². The van der Waals surface area contributed by atoms with Crippen LogP contribution in [0.25, 0.3) is 22.5 Å². The van der Waals surface area contributed by atoms with E-state index in [1.54, 1.807) is 0 Å². The molecule has 0 unspecified atom stereocenters. The first-order chi connectivity index (χ1) is 14.2. The molecular formula is C25H23NO3. The van der Waals surface area contributed by atoms with Crippen LogP contribution in [0.5, 0.6) is 0 Å². The predicted molar refractivity (Wildman–Crippen MR) is 113 cm³/mol. The number of aliphatic hydroxyl groups is 1. The van der Waals surface area contributed by atoms with E-state index in [0.29, 0.717) is 23.6 Å². The minimum atomic E-state index is -0.811. The maximum absolute atomic E-state index is 10.7. The van der Waals surface area contributed by atoms with Crippen LogP contribution in [0.2, 0.25) is 0 Å². The van der Waals surface area contributed by atoms with Crippen molar-refractivity contribution in [1.29, 1.82) is 0 Å². The quantitative estimate of drug-likeness (QED) is 0.452. The first kappa shape index (κ1) is 19.1. The summed E-state index contributed by atoms with van der Waals surface area (Å²) >= 11 is 0. The van der Waals surface area contributed by atoms with Crippen LogP contribution < -0.4 is 0 Å². The molecular weight excluding hydrogens is 362 g/mol. The molecule has 0 saturated heterocycles. The van der Waals surface area contributed by atoms with E-state index in [4.69, 9.17) is 9.26 Å². The van der Waals surface area contributed by atoms with Crippen molar-refractivity contribution in [2.24, 2.45) is 0 Å². The summed E-state index contributed by atoms with van der Waals surface area (Å²) in [4.78, 5) is 0. The third kappa shape index (κ3) is 4.45. The largest absolute Gasteiger partial charge is 0.386 e. The number of aromatic nitrogens is 1. The molecule has 1 N–H and O–H groups in total. The third-order valence-corrected chi connectivity index (χ3v) is 4.88. The lowest BCUT2D eigenvalue weighted by Gasteiger charge is -2.12. The van der Waals surface area contributed by atoms with Crippen molar-refractivity contribution in [3.63, 3.8) is 0 Å². The van der Waals surface area contributed by atoms with E-state index in [0.717, 1.165) is 22.3 Å². The van der Waals surface area contributed by atoms with E-state index in [1.807, 2.05) is 79.7 Å². The molecule has 0 saturated carbocycles. The number of hydrogen-bond donors (Lipinski definition) is 1. The standard InChI is InChI=1S/C25H23NO3/c1-18-24(23(27)17-28-16-19-8-4-2-5-9-19)25(29-26-18)22-14-12-21(13-15-22)20-10-6-3-7-11-20/h2-15,23,27H,16-17H2,1H3/t23-/m1/s1. The first-order valence-corrected chi connectivity index (χ1v) is 9.64. The molecule has 4 nitrogen and oxygen atoms in total. The zero-order valence-electron chi connectivity index (χ0n) is 16.3.